The van der Waals surface area contributed by atoms with Crippen molar-refractivity contribution in [3.63, 3.8) is 0 Å². The molecule has 18 heteroatoms. The minimum absolute atomic E-state index is 0.0403. The van der Waals surface area contributed by atoms with Crippen LogP contribution in [0.5, 0.6) is 0 Å². The van der Waals surface area contributed by atoms with Gasteiger partial charge in [-0.15, -0.1) is 0 Å². The highest BCUT2D eigenvalue weighted by atomic mass is 32.2. The number of carbonyl (C=O) groups excluding carboxylic acids is 1. The third-order valence-corrected chi connectivity index (χ3v) is 7.49. The Bertz CT molecular complexity index is 1170. The number of carboxylic acid groups (broad SMARTS) is 1. The molecule has 1 spiro atoms. The standard InChI is InChI=1S/C17H20F3N5O4S.C2HF3O2/c18-17(19,20)13-6-14(22-10-21-13)25-4-1-3-16(9-25)7-12(24-29-16)15(26)23-11-2-5-30(27,28)8-11;3-2(4,5)1(6)7/h6,10-11H,1-5,7-9H2,(H,23,26);(H,6,7). The Morgan fingerprint density at radius 2 is 1.86 bits per heavy atom. The Labute approximate surface area is 205 Å². The number of amides is 1. The van der Waals surface area contributed by atoms with Crippen molar-refractivity contribution in [2.24, 2.45) is 5.16 Å². The number of aliphatic carboxylic acids is 1. The van der Waals surface area contributed by atoms with Gasteiger partial charge in [-0.3, -0.25) is 4.79 Å². The summed E-state index contributed by atoms with van der Waals surface area (Å²) in [5.41, 5.74) is -1.71. The van der Waals surface area contributed by atoms with Gasteiger partial charge < -0.3 is 20.2 Å². The molecule has 2 N–H and O–H groups in total. The summed E-state index contributed by atoms with van der Waals surface area (Å²) in [4.78, 5) is 35.8. The molecule has 3 aliphatic heterocycles. The molecule has 37 heavy (non-hydrogen) atoms. The summed E-state index contributed by atoms with van der Waals surface area (Å²) in [5, 5.41) is 13.7. The topological polar surface area (TPSA) is 151 Å². The Morgan fingerprint density at radius 3 is 2.43 bits per heavy atom. The number of hydrogen-bond acceptors (Lipinski definition) is 9. The van der Waals surface area contributed by atoms with Crippen LogP contribution in [0.2, 0.25) is 0 Å². The van der Waals surface area contributed by atoms with E-state index in [0.29, 0.717) is 25.8 Å². The van der Waals surface area contributed by atoms with E-state index in [0.717, 1.165) is 12.4 Å². The zero-order valence-corrected chi connectivity index (χ0v) is 19.7. The number of halogens is 6. The number of hydrogen-bond donors (Lipinski definition) is 2. The summed E-state index contributed by atoms with van der Waals surface area (Å²) >= 11 is 0. The second-order valence-corrected chi connectivity index (χ2v) is 10.9. The van der Waals surface area contributed by atoms with Crippen LogP contribution in [0.4, 0.5) is 32.2 Å². The highest BCUT2D eigenvalue weighted by Crippen LogP contribution is 2.36. The van der Waals surface area contributed by atoms with Gasteiger partial charge in [0.1, 0.15) is 23.6 Å². The number of alkyl halides is 6. The van der Waals surface area contributed by atoms with Crippen molar-refractivity contribution in [1.29, 1.82) is 0 Å². The van der Waals surface area contributed by atoms with E-state index >= 15 is 0 Å². The van der Waals surface area contributed by atoms with Crippen LogP contribution in [0.3, 0.4) is 0 Å². The number of carbonyl (C=O) groups is 2. The van der Waals surface area contributed by atoms with Crippen LogP contribution in [-0.4, -0.2) is 83.5 Å². The predicted octanol–water partition coefficient (Wildman–Crippen LogP) is 1.55. The number of piperidine rings is 1. The maximum Gasteiger partial charge on any atom is 0.490 e. The van der Waals surface area contributed by atoms with Crippen molar-refractivity contribution in [2.75, 3.05) is 29.5 Å². The number of rotatable bonds is 3. The van der Waals surface area contributed by atoms with Crippen molar-refractivity contribution < 1.29 is 54.3 Å². The van der Waals surface area contributed by atoms with Crippen molar-refractivity contribution >= 4 is 33.2 Å². The third-order valence-electron chi connectivity index (χ3n) is 5.72. The summed E-state index contributed by atoms with van der Waals surface area (Å²) in [6.07, 6.45) is -7.03. The molecule has 0 aromatic carbocycles. The quantitative estimate of drug-likeness (QED) is 0.524. The smallest absolute Gasteiger partial charge is 0.475 e. The number of nitrogens with zero attached hydrogens (tertiary/aromatic N) is 4. The molecule has 3 aliphatic rings. The van der Waals surface area contributed by atoms with Crippen molar-refractivity contribution in [1.82, 2.24) is 15.3 Å². The highest BCUT2D eigenvalue weighted by molar-refractivity contribution is 7.91. The highest BCUT2D eigenvalue weighted by Gasteiger charge is 2.46. The fraction of sp³-hybridized carbons (Fsp3) is 0.632. The molecular formula is C19H21F6N5O6S. The van der Waals surface area contributed by atoms with Crippen LogP contribution in [0.15, 0.2) is 17.5 Å². The molecule has 0 bridgehead atoms. The maximum atomic E-state index is 13.0. The van der Waals surface area contributed by atoms with Gasteiger partial charge in [-0.2, -0.15) is 26.3 Å². The molecule has 206 valence electrons. The average Bonchev–Trinajstić information content (AvgIpc) is 3.35. The molecule has 1 aromatic rings. The molecule has 0 saturated carbocycles. The first kappa shape index (κ1) is 28.4. The van der Waals surface area contributed by atoms with E-state index in [1.165, 1.54) is 0 Å². The number of nitrogens with one attached hydrogen (secondary N) is 1. The molecule has 0 radical (unpaired) electrons. The monoisotopic (exact) mass is 561 g/mol. The molecule has 2 atom stereocenters. The summed E-state index contributed by atoms with van der Waals surface area (Å²) in [6, 6.07) is 0.439. The normalized spacial score (nSPS) is 25.1. The molecule has 4 heterocycles. The zero-order valence-electron chi connectivity index (χ0n) is 18.8. The van der Waals surface area contributed by atoms with Crippen molar-refractivity contribution in [3.05, 3.63) is 18.1 Å². The molecule has 11 nitrogen and oxygen atoms in total. The molecule has 2 unspecified atom stereocenters. The number of anilines is 1. The number of sulfone groups is 1. The Hall–Kier alpha value is -3.18. The molecule has 2 fully saturated rings. The minimum Gasteiger partial charge on any atom is -0.475 e. The zero-order chi connectivity index (χ0) is 27.6. The first-order valence-corrected chi connectivity index (χ1v) is 12.5. The van der Waals surface area contributed by atoms with Gasteiger partial charge >= 0.3 is 18.3 Å². The van der Waals surface area contributed by atoms with Gasteiger partial charge in [0.15, 0.2) is 15.4 Å². The lowest BCUT2D eigenvalue weighted by Gasteiger charge is -2.38. The second kappa shape index (κ2) is 10.3. The Kier molecular flexibility index (Phi) is 7.90. The maximum absolute atomic E-state index is 13.0. The van der Waals surface area contributed by atoms with Gasteiger partial charge in [0.25, 0.3) is 5.91 Å². The number of oxime groups is 1. The fourth-order valence-electron chi connectivity index (χ4n) is 4.01. The van der Waals surface area contributed by atoms with Gasteiger partial charge in [-0.05, 0) is 19.3 Å². The molecule has 4 rings (SSSR count). The third kappa shape index (κ3) is 7.42. The van der Waals surface area contributed by atoms with Crippen LogP contribution < -0.4 is 10.2 Å². The lowest BCUT2D eigenvalue weighted by molar-refractivity contribution is -0.192. The van der Waals surface area contributed by atoms with Gasteiger partial charge in [-0.25, -0.2) is 23.2 Å². The predicted molar refractivity (Wildman–Crippen MR) is 113 cm³/mol. The Morgan fingerprint density at radius 1 is 1.19 bits per heavy atom. The van der Waals surface area contributed by atoms with Crippen LogP contribution >= 0.6 is 0 Å². The van der Waals surface area contributed by atoms with E-state index < -0.39 is 51.4 Å². The Balaban J connectivity index is 0.000000479. The molecule has 1 aromatic heterocycles. The van der Waals surface area contributed by atoms with Crippen molar-refractivity contribution in [2.45, 2.75) is 49.7 Å². The van der Waals surface area contributed by atoms with Gasteiger partial charge in [0.05, 0.1) is 18.1 Å². The van der Waals surface area contributed by atoms with Crippen LogP contribution in [0.25, 0.3) is 0 Å². The van der Waals surface area contributed by atoms with Crippen LogP contribution in [0, 0.1) is 0 Å². The number of aromatic nitrogens is 2. The molecule has 0 aliphatic carbocycles. The van der Waals surface area contributed by atoms with Crippen LogP contribution in [-0.2, 0) is 30.4 Å². The van der Waals surface area contributed by atoms with Gasteiger partial charge in [0, 0.05) is 25.1 Å². The van der Waals surface area contributed by atoms with Gasteiger partial charge in [0.2, 0.25) is 0 Å². The molecule has 2 saturated heterocycles. The average molecular weight is 561 g/mol. The molecular weight excluding hydrogens is 540 g/mol. The first-order valence-electron chi connectivity index (χ1n) is 10.7. The van der Waals surface area contributed by atoms with E-state index in [-0.39, 0.29) is 36.0 Å². The summed E-state index contributed by atoms with van der Waals surface area (Å²) in [5.74, 6) is -3.16. The van der Waals surface area contributed by atoms with E-state index in [4.69, 9.17) is 14.7 Å². The van der Waals surface area contributed by atoms with E-state index in [1.807, 2.05) is 0 Å². The minimum atomic E-state index is -5.08. The second-order valence-electron chi connectivity index (χ2n) is 8.65. The van der Waals surface area contributed by atoms with E-state index in [9.17, 15) is 39.6 Å². The first-order chi connectivity index (χ1) is 17.0. The van der Waals surface area contributed by atoms with E-state index in [2.05, 4.69) is 20.4 Å². The largest absolute Gasteiger partial charge is 0.490 e. The lowest BCUT2D eigenvalue weighted by atomic mass is 9.88. The van der Waals surface area contributed by atoms with Crippen LogP contribution in [0.1, 0.15) is 31.4 Å². The van der Waals surface area contributed by atoms with Gasteiger partial charge in [-0.1, -0.05) is 5.16 Å². The van der Waals surface area contributed by atoms with Crippen molar-refractivity contribution in [3.8, 4) is 0 Å². The summed E-state index contributed by atoms with van der Waals surface area (Å²) in [7, 11) is -3.13. The lowest BCUT2D eigenvalue weighted by Crippen LogP contribution is -2.49. The van der Waals surface area contributed by atoms with E-state index in [1.54, 1.807) is 4.90 Å². The summed E-state index contributed by atoms with van der Waals surface area (Å²) < 4.78 is 93.7. The fourth-order valence-corrected chi connectivity index (χ4v) is 5.68. The molecule has 1 amide bonds. The summed E-state index contributed by atoms with van der Waals surface area (Å²) in [6.45, 7) is 0.709. The number of carboxylic acids is 1. The SMILES string of the molecule is O=C(NC1CCS(=O)(=O)C1)C1=NOC2(CCCN(c3cc(C(F)(F)F)ncn3)C2)C1.O=C(O)C(F)(F)F.